The van der Waals surface area contributed by atoms with Gasteiger partial charge in [-0.3, -0.25) is 0 Å². The summed E-state index contributed by atoms with van der Waals surface area (Å²) in [6, 6.07) is 5.84. The van der Waals surface area contributed by atoms with Crippen molar-refractivity contribution >= 4 is 5.69 Å². The van der Waals surface area contributed by atoms with Gasteiger partial charge >= 0.3 is 0 Å². The van der Waals surface area contributed by atoms with Crippen molar-refractivity contribution < 1.29 is 9.84 Å². The smallest absolute Gasteiger partial charge is 0.125 e. The Labute approximate surface area is 108 Å². The van der Waals surface area contributed by atoms with Crippen LogP contribution in [0.3, 0.4) is 0 Å². The zero-order valence-electron chi connectivity index (χ0n) is 11.3. The third kappa shape index (κ3) is 2.44. The van der Waals surface area contributed by atoms with Crippen LogP contribution in [0.2, 0.25) is 0 Å². The van der Waals surface area contributed by atoms with Gasteiger partial charge in [0.1, 0.15) is 5.75 Å². The van der Waals surface area contributed by atoms with E-state index >= 15 is 0 Å². The molecule has 2 unspecified atom stereocenters. The van der Waals surface area contributed by atoms with E-state index in [1.807, 2.05) is 32.0 Å². The van der Waals surface area contributed by atoms with Crippen LogP contribution in [0.5, 0.6) is 5.75 Å². The van der Waals surface area contributed by atoms with Crippen molar-refractivity contribution in [2.75, 3.05) is 25.1 Å². The molecule has 1 heterocycles. The van der Waals surface area contributed by atoms with Gasteiger partial charge in [0.15, 0.2) is 0 Å². The van der Waals surface area contributed by atoms with Gasteiger partial charge in [-0.05, 0) is 32.4 Å². The lowest BCUT2D eigenvalue weighted by Gasteiger charge is -2.26. The van der Waals surface area contributed by atoms with E-state index in [1.165, 1.54) is 0 Å². The third-order valence-corrected chi connectivity index (χ3v) is 3.51. The molecule has 0 amide bonds. The van der Waals surface area contributed by atoms with Crippen molar-refractivity contribution in [2.24, 2.45) is 5.73 Å². The van der Waals surface area contributed by atoms with E-state index in [-0.39, 0.29) is 6.04 Å². The molecular formula is C14H22N2O2. The fourth-order valence-corrected chi connectivity index (χ4v) is 2.59. The van der Waals surface area contributed by atoms with Gasteiger partial charge in [-0.15, -0.1) is 0 Å². The van der Waals surface area contributed by atoms with Crippen molar-refractivity contribution in [3.05, 3.63) is 23.8 Å². The summed E-state index contributed by atoms with van der Waals surface area (Å²) in [5.74, 6) is 0.814. The SMILES string of the molecule is COc1cccc(N2CCC(C)(O)C2)c1C(C)N. The molecule has 1 aromatic rings. The van der Waals surface area contributed by atoms with Gasteiger partial charge in [0, 0.05) is 30.4 Å². The molecule has 4 heteroatoms. The second-order valence-corrected chi connectivity index (χ2v) is 5.35. The summed E-state index contributed by atoms with van der Waals surface area (Å²) >= 11 is 0. The van der Waals surface area contributed by atoms with Crippen molar-refractivity contribution in [3.8, 4) is 5.75 Å². The number of hydrogen-bond acceptors (Lipinski definition) is 4. The first-order valence-corrected chi connectivity index (χ1v) is 6.34. The number of methoxy groups -OCH3 is 1. The van der Waals surface area contributed by atoms with Crippen LogP contribution in [0.1, 0.15) is 31.9 Å². The molecule has 1 aliphatic rings. The number of benzene rings is 1. The number of β-amino-alcohol motifs (C(OH)–C–C–N with tert-alkyl or cyclic N) is 1. The van der Waals surface area contributed by atoms with Crippen LogP contribution in [-0.2, 0) is 0 Å². The molecule has 0 aliphatic carbocycles. The summed E-state index contributed by atoms with van der Waals surface area (Å²) < 4.78 is 5.39. The lowest BCUT2D eigenvalue weighted by Crippen LogP contribution is -2.30. The minimum Gasteiger partial charge on any atom is -0.496 e. The summed E-state index contributed by atoms with van der Waals surface area (Å²) in [6.45, 7) is 5.31. The highest BCUT2D eigenvalue weighted by Crippen LogP contribution is 2.36. The number of anilines is 1. The van der Waals surface area contributed by atoms with E-state index in [0.717, 1.165) is 30.0 Å². The molecule has 2 atom stereocenters. The Morgan fingerprint density at radius 3 is 2.72 bits per heavy atom. The highest BCUT2D eigenvalue weighted by Gasteiger charge is 2.33. The van der Waals surface area contributed by atoms with Gasteiger partial charge in [0.25, 0.3) is 0 Å². The van der Waals surface area contributed by atoms with Gasteiger partial charge < -0.3 is 20.5 Å². The first kappa shape index (κ1) is 13.2. The fourth-order valence-electron chi connectivity index (χ4n) is 2.59. The van der Waals surface area contributed by atoms with Crippen molar-refractivity contribution in [1.82, 2.24) is 0 Å². The average Bonchev–Trinajstić information content (AvgIpc) is 2.68. The number of nitrogens with two attached hydrogens (primary N) is 1. The number of hydrogen-bond donors (Lipinski definition) is 2. The quantitative estimate of drug-likeness (QED) is 0.857. The molecule has 100 valence electrons. The molecule has 0 bridgehead atoms. The van der Waals surface area contributed by atoms with Crippen LogP contribution in [0.4, 0.5) is 5.69 Å². The molecule has 0 saturated carbocycles. The third-order valence-electron chi connectivity index (χ3n) is 3.51. The average molecular weight is 250 g/mol. The standard InChI is InChI=1S/C14H22N2O2/c1-10(15)13-11(5-4-6-12(13)18-3)16-8-7-14(2,17)9-16/h4-6,10,17H,7-9,15H2,1-3H3. The number of ether oxygens (including phenoxy) is 1. The van der Waals surface area contributed by atoms with E-state index in [0.29, 0.717) is 6.54 Å². The van der Waals surface area contributed by atoms with Crippen LogP contribution in [0.15, 0.2) is 18.2 Å². The summed E-state index contributed by atoms with van der Waals surface area (Å²) in [4.78, 5) is 2.18. The van der Waals surface area contributed by atoms with Gasteiger partial charge in [-0.1, -0.05) is 6.07 Å². The largest absolute Gasteiger partial charge is 0.496 e. The second kappa shape index (κ2) is 4.78. The van der Waals surface area contributed by atoms with E-state index in [9.17, 15) is 5.11 Å². The lowest BCUT2D eigenvalue weighted by atomic mass is 10.0. The molecule has 2 rings (SSSR count). The number of nitrogens with zero attached hydrogens (tertiary/aromatic N) is 1. The molecule has 0 spiro atoms. The first-order chi connectivity index (χ1) is 8.44. The van der Waals surface area contributed by atoms with Crippen LogP contribution in [-0.4, -0.2) is 30.9 Å². The Hall–Kier alpha value is -1.26. The first-order valence-electron chi connectivity index (χ1n) is 6.34. The minimum absolute atomic E-state index is 0.0956. The summed E-state index contributed by atoms with van der Waals surface area (Å²) in [7, 11) is 1.66. The van der Waals surface area contributed by atoms with Crippen LogP contribution < -0.4 is 15.4 Å². The van der Waals surface area contributed by atoms with Crippen molar-refractivity contribution in [3.63, 3.8) is 0 Å². The maximum absolute atomic E-state index is 10.1. The molecule has 1 aromatic carbocycles. The second-order valence-electron chi connectivity index (χ2n) is 5.35. The number of rotatable bonds is 3. The molecule has 1 saturated heterocycles. The van der Waals surface area contributed by atoms with Gasteiger partial charge in [0.2, 0.25) is 0 Å². The van der Waals surface area contributed by atoms with Gasteiger partial charge in [0.05, 0.1) is 12.7 Å². The fraction of sp³-hybridized carbons (Fsp3) is 0.571. The summed E-state index contributed by atoms with van der Waals surface area (Å²) in [5, 5.41) is 10.1. The van der Waals surface area contributed by atoms with Crippen LogP contribution in [0.25, 0.3) is 0 Å². The van der Waals surface area contributed by atoms with Gasteiger partial charge in [-0.25, -0.2) is 0 Å². The molecular weight excluding hydrogens is 228 g/mol. The van der Waals surface area contributed by atoms with Crippen LogP contribution >= 0.6 is 0 Å². The Balaban J connectivity index is 2.39. The molecule has 0 radical (unpaired) electrons. The molecule has 3 N–H and O–H groups in total. The summed E-state index contributed by atoms with van der Waals surface area (Å²) in [6.07, 6.45) is 0.780. The molecule has 1 fully saturated rings. The zero-order valence-corrected chi connectivity index (χ0v) is 11.3. The molecule has 0 aromatic heterocycles. The van der Waals surface area contributed by atoms with E-state index in [4.69, 9.17) is 10.5 Å². The van der Waals surface area contributed by atoms with Crippen LogP contribution in [0, 0.1) is 0 Å². The molecule has 4 nitrogen and oxygen atoms in total. The molecule has 1 aliphatic heterocycles. The Morgan fingerprint density at radius 2 is 2.22 bits per heavy atom. The maximum Gasteiger partial charge on any atom is 0.125 e. The van der Waals surface area contributed by atoms with E-state index < -0.39 is 5.60 Å². The highest BCUT2D eigenvalue weighted by molar-refractivity contribution is 5.61. The van der Waals surface area contributed by atoms with Gasteiger partial charge in [-0.2, -0.15) is 0 Å². The van der Waals surface area contributed by atoms with E-state index in [2.05, 4.69) is 4.90 Å². The topological polar surface area (TPSA) is 58.7 Å². The minimum atomic E-state index is -0.613. The maximum atomic E-state index is 10.1. The van der Waals surface area contributed by atoms with Crippen molar-refractivity contribution in [2.45, 2.75) is 31.9 Å². The number of aliphatic hydroxyl groups is 1. The Morgan fingerprint density at radius 1 is 1.50 bits per heavy atom. The predicted molar refractivity (Wildman–Crippen MR) is 73.1 cm³/mol. The normalized spacial score (nSPS) is 25.3. The Kier molecular flexibility index (Phi) is 3.50. The Bertz CT molecular complexity index is 430. The predicted octanol–water partition coefficient (Wildman–Crippen LogP) is 1.68. The zero-order chi connectivity index (χ0) is 13.3. The van der Waals surface area contributed by atoms with Crippen molar-refractivity contribution in [1.29, 1.82) is 0 Å². The lowest BCUT2D eigenvalue weighted by molar-refractivity contribution is 0.0839. The highest BCUT2D eigenvalue weighted by atomic mass is 16.5. The molecule has 18 heavy (non-hydrogen) atoms. The van der Waals surface area contributed by atoms with E-state index in [1.54, 1.807) is 7.11 Å². The summed E-state index contributed by atoms with van der Waals surface area (Å²) in [5.41, 5.74) is 7.53. The monoisotopic (exact) mass is 250 g/mol.